The zero-order valence-corrected chi connectivity index (χ0v) is 10.5. The van der Waals surface area contributed by atoms with E-state index in [1.165, 1.54) is 0 Å². The molecule has 1 aromatic rings. The summed E-state index contributed by atoms with van der Waals surface area (Å²) in [5.41, 5.74) is 6.76. The van der Waals surface area contributed by atoms with E-state index in [0.717, 1.165) is 11.3 Å². The summed E-state index contributed by atoms with van der Waals surface area (Å²) in [7, 11) is 0. The summed E-state index contributed by atoms with van der Waals surface area (Å²) in [6, 6.07) is 7.64. The Morgan fingerprint density at radius 2 is 1.81 bits per heavy atom. The topological polar surface area (TPSA) is 55.5 Å². The summed E-state index contributed by atoms with van der Waals surface area (Å²) < 4.78 is 5.52. The van der Waals surface area contributed by atoms with Gasteiger partial charge in [-0.25, -0.2) is 0 Å². The maximum Gasteiger partial charge on any atom is 0.119 e. The molecular formula is C12H20ClNO2. The number of ether oxygens (including phenoxy) is 1. The molecule has 92 valence electrons. The van der Waals surface area contributed by atoms with Gasteiger partial charge in [0, 0.05) is 6.04 Å². The second kappa shape index (κ2) is 7.49. The lowest BCUT2D eigenvalue weighted by Gasteiger charge is -2.11. The number of rotatable bonds is 5. The fourth-order valence-corrected chi connectivity index (χ4v) is 1.34. The van der Waals surface area contributed by atoms with Gasteiger partial charge in [-0.1, -0.05) is 12.1 Å². The van der Waals surface area contributed by atoms with Gasteiger partial charge in [-0.05, 0) is 38.0 Å². The lowest BCUT2D eigenvalue weighted by molar-refractivity contribution is 0.242. The number of aliphatic hydroxyl groups is 1. The highest BCUT2D eigenvalue weighted by atomic mass is 35.5. The average Bonchev–Trinajstić information content (AvgIpc) is 2.20. The van der Waals surface area contributed by atoms with E-state index in [-0.39, 0.29) is 31.2 Å². The van der Waals surface area contributed by atoms with Crippen molar-refractivity contribution in [2.24, 2.45) is 5.73 Å². The first-order valence-corrected chi connectivity index (χ1v) is 5.24. The van der Waals surface area contributed by atoms with Crippen LogP contribution in [0.1, 0.15) is 19.4 Å². The van der Waals surface area contributed by atoms with E-state index in [0.29, 0.717) is 6.42 Å². The smallest absolute Gasteiger partial charge is 0.119 e. The first-order valence-electron chi connectivity index (χ1n) is 5.24. The van der Waals surface area contributed by atoms with Crippen molar-refractivity contribution in [2.45, 2.75) is 32.4 Å². The maximum absolute atomic E-state index is 8.82. The molecule has 0 heterocycles. The molecule has 0 aliphatic carbocycles. The predicted octanol–water partition coefficient (Wildman–Crippen LogP) is 1.76. The van der Waals surface area contributed by atoms with Crippen molar-refractivity contribution in [3.8, 4) is 5.75 Å². The first kappa shape index (κ1) is 15.2. The molecule has 0 aromatic heterocycles. The Kier molecular flexibility index (Phi) is 7.13. The lowest BCUT2D eigenvalue weighted by atomic mass is 10.1. The quantitative estimate of drug-likeness (QED) is 0.831. The van der Waals surface area contributed by atoms with Crippen molar-refractivity contribution in [2.75, 3.05) is 6.61 Å². The highest BCUT2D eigenvalue weighted by molar-refractivity contribution is 5.85. The number of hydrogen-bond acceptors (Lipinski definition) is 3. The Morgan fingerprint density at radius 3 is 2.25 bits per heavy atom. The Hall–Kier alpha value is -0.770. The average molecular weight is 246 g/mol. The molecule has 0 fully saturated rings. The molecule has 0 aliphatic rings. The molecule has 0 spiro atoms. The molecule has 0 saturated heterocycles. The second-order valence-corrected chi connectivity index (χ2v) is 3.96. The second-order valence-electron chi connectivity index (χ2n) is 3.96. The highest BCUT2D eigenvalue weighted by Crippen LogP contribution is 2.14. The Morgan fingerprint density at radius 1 is 1.25 bits per heavy atom. The number of nitrogens with two attached hydrogens (primary N) is 1. The van der Waals surface area contributed by atoms with Gasteiger partial charge in [0.25, 0.3) is 0 Å². The van der Waals surface area contributed by atoms with E-state index in [2.05, 4.69) is 0 Å². The van der Waals surface area contributed by atoms with Crippen LogP contribution in [0.15, 0.2) is 24.3 Å². The van der Waals surface area contributed by atoms with Crippen LogP contribution in [0.4, 0.5) is 0 Å². The van der Waals surface area contributed by atoms with Crippen LogP contribution in [0.25, 0.3) is 0 Å². The van der Waals surface area contributed by atoms with E-state index >= 15 is 0 Å². The minimum Gasteiger partial charge on any atom is -0.491 e. The number of benzene rings is 1. The van der Waals surface area contributed by atoms with Crippen LogP contribution in [-0.2, 0) is 6.42 Å². The van der Waals surface area contributed by atoms with Crippen LogP contribution >= 0.6 is 12.4 Å². The van der Waals surface area contributed by atoms with Crippen molar-refractivity contribution in [3.63, 3.8) is 0 Å². The standard InChI is InChI=1S/C12H19NO2.ClH/c1-9(2)15-12-5-3-10(4-6-12)7-11(13)8-14;/h3-6,9,11,14H,7-8,13H2,1-2H3;1H. The van der Waals surface area contributed by atoms with Gasteiger partial charge in [0.15, 0.2) is 0 Å². The molecule has 16 heavy (non-hydrogen) atoms. The SMILES string of the molecule is CC(C)Oc1ccc(CC(N)CO)cc1.Cl. The third kappa shape index (κ3) is 5.35. The van der Waals surface area contributed by atoms with Gasteiger partial charge in [0.2, 0.25) is 0 Å². The van der Waals surface area contributed by atoms with E-state index in [1.54, 1.807) is 0 Å². The number of halogens is 1. The number of aliphatic hydroxyl groups excluding tert-OH is 1. The zero-order chi connectivity index (χ0) is 11.3. The minimum atomic E-state index is -0.179. The Bertz CT molecular complexity index is 288. The van der Waals surface area contributed by atoms with E-state index in [9.17, 15) is 0 Å². The van der Waals surface area contributed by atoms with E-state index < -0.39 is 0 Å². The minimum absolute atomic E-state index is 0. The largest absolute Gasteiger partial charge is 0.491 e. The molecule has 1 aromatic carbocycles. The molecule has 0 aliphatic heterocycles. The summed E-state index contributed by atoms with van der Waals surface area (Å²) in [6.07, 6.45) is 0.883. The molecule has 3 N–H and O–H groups in total. The van der Waals surface area contributed by atoms with Gasteiger partial charge in [-0.15, -0.1) is 12.4 Å². The van der Waals surface area contributed by atoms with Gasteiger partial charge >= 0.3 is 0 Å². The molecule has 1 atom stereocenters. The van der Waals surface area contributed by atoms with Gasteiger partial charge in [0.1, 0.15) is 5.75 Å². The molecule has 0 bridgehead atoms. The molecule has 1 unspecified atom stereocenters. The van der Waals surface area contributed by atoms with Gasteiger partial charge in [-0.2, -0.15) is 0 Å². The fourth-order valence-electron chi connectivity index (χ4n) is 1.34. The molecule has 0 amide bonds. The van der Waals surface area contributed by atoms with E-state index in [4.69, 9.17) is 15.6 Å². The van der Waals surface area contributed by atoms with Gasteiger partial charge < -0.3 is 15.6 Å². The van der Waals surface area contributed by atoms with Gasteiger partial charge in [0.05, 0.1) is 12.7 Å². The summed E-state index contributed by atoms with van der Waals surface area (Å²) in [5.74, 6) is 0.867. The highest BCUT2D eigenvalue weighted by Gasteiger charge is 2.03. The third-order valence-corrected chi connectivity index (χ3v) is 2.03. The van der Waals surface area contributed by atoms with Crippen LogP contribution in [0.3, 0.4) is 0 Å². The van der Waals surface area contributed by atoms with Crippen molar-refractivity contribution in [3.05, 3.63) is 29.8 Å². The van der Waals surface area contributed by atoms with Crippen LogP contribution < -0.4 is 10.5 Å². The molecular weight excluding hydrogens is 226 g/mol. The van der Waals surface area contributed by atoms with Crippen LogP contribution in [-0.4, -0.2) is 23.9 Å². The molecule has 0 radical (unpaired) electrons. The van der Waals surface area contributed by atoms with Crippen molar-refractivity contribution in [1.82, 2.24) is 0 Å². The summed E-state index contributed by atoms with van der Waals surface area (Å²) >= 11 is 0. The van der Waals surface area contributed by atoms with E-state index in [1.807, 2.05) is 38.1 Å². The van der Waals surface area contributed by atoms with Gasteiger partial charge in [-0.3, -0.25) is 0 Å². The number of hydrogen-bond donors (Lipinski definition) is 2. The normalized spacial score (nSPS) is 12.1. The Balaban J connectivity index is 0.00000225. The summed E-state index contributed by atoms with van der Waals surface area (Å²) in [4.78, 5) is 0. The molecule has 4 heteroatoms. The molecule has 3 nitrogen and oxygen atoms in total. The Labute approximate surface area is 103 Å². The van der Waals surface area contributed by atoms with Crippen LogP contribution in [0, 0.1) is 0 Å². The molecule has 0 saturated carbocycles. The first-order chi connectivity index (χ1) is 7.11. The predicted molar refractivity (Wildman–Crippen MR) is 68.2 cm³/mol. The summed E-state index contributed by atoms with van der Waals surface area (Å²) in [6.45, 7) is 4.01. The van der Waals surface area contributed by atoms with Crippen molar-refractivity contribution < 1.29 is 9.84 Å². The lowest BCUT2D eigenvalue weighted by Crippen LogP contribution is -2.26. The summed E-state index contributed by atoms with van der Waals surface area (Å²) in [5, 5.41) is 8.82. The van der Waals surface area contributed by atoms with Crippen LogP contribution in [0.2, 0.25) is 0 Å². The van der Waals surface area contributed by atoms with Crippen molar-refractivity contribution >= 4 is 12.4 Å². The molecule has 1 rings (SSSR count). The fraction of sp³-hybridized carbons (Fsp3) is 0.500. The zero-order valence-electron chi connectivity index (χ0n) is 9.72. The monoisotopic (exact) mass is 245 g/mol. The van der Waals surface area contributed by atoms with Crippen molar-refractivity contribution in [1.29, 1.82) is 0 Å². The van der Waals surface area contributed by atoms with Crippen LogP contribution in [0.5, 0.6) is 5.75 Å². The third-order valence-electron chi connectivity index (χ3n) is 2.03. The maximum atomic E-state index is 8.82.